The highest BCUT2D eigenvalue weighted by Crippen LogP contribution is 2.53. The molecule has 0 spiro atoms. The molecule has 1 saturated heterocycles. The van der Waals surface area contributed by atoms with Crippen molar-refractivity contribution in [3.05, 3.63) is 68.7 Å². The van der Waals surface area contributed by atoms with Gasteiger partial charge in [-0.05, 0) is 75.6 Å². The van der Waals surface area contributed by atoms with Crippen LogP contribution in [-0.4, -0.2) is 29.0 Å². The molecule has 1 aromatic carbocycles. The molecule has 0 radical (unpaired) electrons. The van der Waals surface area contributed by atoms with E-state index in [9.17, 15) is 9.59 Å². The van der Waals surface area contributed by atoms with Crippen LogP contribution >= 0.6 is 34.8 Å². The van der Waals surface area contributed by atoms with Crippen molar-refractivity contribution in [2.24, 2.45) is 23.7 Å². The smallest absolute Gasteiger partial charge is 0.417 e. The molecule has 7 heteroatoms. The Morgan fingerprint density at radius 2 is 1.79 bits per heavy atom. The lowest BCUT2D eigenvalue weighted by atomic mass is 9.62. The second-order valence-electron chi connectivity index (χ2n) is 10.1. The van der Waals surface area contributed by atoms with Crippen LogP contribution in [0, 0.1) is 23.7 Å². The number of ether oxygens (including phenoxy) is 1. The normalized spacial score (nSPS) is 29.8. The van der Waals surface area contributed by atoms with Gasteiger partial charge in [0.2, 0.25) is 5.91 Å². The number of halogens is 3. The van der Waals surface area contributed by atoms with Crippen molar-refractivity contribution in [2.75, 3.05) is 6.54 Å². The molecule has 2 amide bonds. The first-order valence-corrected chi connectivity index (χ1v) is 12.3. The number of carbonyl (C=O) groups is 2. The number of likely N-dealkylation sites (tertiary alicyclic amines) is 1. The van der Waals surface area contributed by atoms with E-state index in [4.69, 9.17) is 39.5 Å². The zero-order chi connectivity index (χ0) is 24.1. The minimum Gasteiger partial charge on any atom is -0.443 e. The topological polar surface area (TPSA) is 46.6 Å². The van der Waals surface area contributed by atoms with Crippen molar-refractivity contribution < 1.29 is 14.3 Å². The molecule has 2 aliphatic carbocycles. The summed E-state index contributed by atoms with van der Waals surface area (Å²) >= 11 is 19.1. The maximum Gasteiger partial charge on any atom is 0.417 e. The van der Waals surface area contributed by atoms with Crippen molar-refractivity contribution in [1.29, 1.82) is 0 Å². The Hall–Kier alpha value is -1.75. The average Bonchev–Trinajstić information content (AvgIpc) is 3.05. The molecule has 3 aliphatic rings. The van der Waals surface area contributed by atoms with Gasteiger partial charge in [0.1, 0.15) is 5.60 Å². The molecule has 1 unspecified atom stereocenters. The Labute approximate surface area is 210 Å². The first-order valence-electron chi connectivity index (χ1n) is 11.2. The molecule has 0 saturated carbocycles. The molecular formula is C26H28Cl3NO3. The summed E-state index contributed by atoms with van der Waals surface area (Å²) in [6.07, 6.45) is 6.09. The van der Waals surface area contributed by atoms with Gasteiger partial charge in [0, 0.05) is 27.5 Å². The van der Waals surface area contributed by atoms with Gasteiger partial charge < -0.3 is 4.74 Å². The highest BCUT2D eigenvalue weighted by atomic mass is 35.5. The number of imide groups is 1. The van der Waals surface area contributed by atoms with E-state index >= 15 is 0 Å². The molecule has 1 aliphatic heterocycles. The van der Waals surface area contributed by atoms with E-state index in [1.165, 1.54) is 4.90 Å². The van der Waals surface area contributed by atoms with Crippen LogP contribution in [0.15, 0.2) is 58.1 Å². The quantitative estimate of drug-likeness (QED) is 0.394. The largest absolute Gasteiger partial charge is 0.443 e. The van der Waals surface area contributed by atoms with E-state index in [0.29, 0.717) is 28.1 Å². The Balaban J connectivity index is 1.75. The summed E-state index contributed by atoms with van der Waals surface area (Å²) in [5.74, 6) is -0.606. The van der Waals surface area contributed by atoms with Crippen LogP contribution in [0.2, 0.25) is 5.02 Å². The van der Waals surface area contributed by atoms with Crippen molar-refractivity contribution in [3.63, 3.8) is 0 Å². The minimum absolute atomic E-state index is 0.0234. The highest BCUT2D eigenvalue weighted by Gasteiger charge is 2.53. The zero-order valence-electron chi connectivity index (χ0n) is 19.1. The highest BCUT2D eigenvalue weighted by molar-refractivity contribution is 6.35. The molecule has 1 fully saturated rings. The molecule has 1 aromatic rings. The Morgan fingerprint density at radius 1 is 1.12 bits per heavy atom. The predicted molar refractivity (Wildman–Crippen MR) is 132 cm³/mol. The number of fused-ring (bicyclic) bond motifs is 1. The predicted octanol–water partition coefficient (Wildman–Crippen LogP) is 7.27. The number of hydrogen-bond acceptors (Lipinski definition) is 3. The number of allylic oxidation sites excluding steroid dienone is 5. The molecule has 0 bridgehead atoms. The monoisotopic (exact) mass is 507 g/mol. The van der Waals surface area contributed by atoms with Gasteiger partial charge in [-0.3, -0.25) is 4.79 Å². The third-order valence-electron chi connectivity index (χ3n) is 6.71. The summed E-state index contributed by atoms with van der Waals surface area (Å²) in [6, 6.07) is 7.75. The number of nitrogens with zero attached hydrogens (tertiary/aromatic N) is 1. The van der Waals surface area contributed by atoms with E-state index in [1.807, 2.05) is 37.3 Å². The Bertz CT molecular complexity index is 1050. The molecule has 0 aromatic heterocycles. The molecule has 0 N–H and O–H groups in total. The van der Waals surface area contributed by atoms with Crippen LogP contribution in [0.4, 0.5) is 4.79 Å². The Kier molecular flexibility index (Phi) is 6.74. The molecule has 5 atom stereocenters. The maximum atomic E-state index is 13.4. The van der Waals surface area contributed by atoms with Gasteiger partial charge in [0.05, 0.1) is 5.92 Å². The lowest BCUT2D eigenvalue weighted by Crippen LogP contribution is -2.38. The van der Waals surface area contributed by atoms with E-state index in [2.05, 4.69) is 6.08 Å². The fraction of sp³-hybridized carbons (Fsp3) is 0.462. The molecule has 4 rings (SSSR count). The van der Waals surface area contributed by atoms with Gasteiger partial charge in [-0.2, -0.15) is 0 Å². The van der Waals surface area contributed by atoms with Gasteiger partial charge in [0.15, 0.2) is 0 Å². The van der Waals surface area contributed by atoms with Crippen LogP contribution < -0.4 is 0 Å². The number of rotatable bonds is 2. The van der Waals surface area contributed by atoms with Gasteiger partial charge in [0.25, 0.3) is 0 Å². The zero-order valence-corrected chi connectivity index (χ0v) is 21.4. The summed E-state index contributed by atoms with van der Waals surface area (Å²) in [7, 11) is 0. The molecule has 176 valence electrons. The van der Waals surface area contributed by atoms with E-state index in [-0.39, 0.29) is 35.5 Å². The van der Waals surface area contributed by atoms with Crippen LogP contribution in [0.3, 0.4) is 0 Å². The molecular weight excluding hydrogens is 481 g/mol. The van der Waals surface area contributed by atoms with Gasteiger partial charge in [-0.1, -0.05) is 64.7 Å². The average molecular weight is 509 g/mol. The molecule has 1 heterocycles. The number of amides is 2. The lowest BCUT2D eigenvalue weighted by Gasteiger charge is -2.41. The standard InChI is InChI=1S/C26H28Cl3NO3/c1-14-11-19(18-10-9-17(28)12-21(18)29)23(15-5-7-16(27)8-6-15)20-13-30(24(31)22(14)20)25(32)33-26(2,3)4/h5-9,11-12,18-20,22-23H,10,13H2,1-4H3/t18?,19-,20-,22-,23+/m1/s1. The van der Waals surface area contributed by atoms with Crippen molar-refractivity contribution in [3.8, 4) is 0 Å². The number of carbonyl (C=O) groups excluding carboxylic acids is 2. The molecule has 33 heavy (non-hydrogen) atoms. The fourth-order valence-corrected chi connectivity index (χ4v) is 6.14. The van der Waals surface area contributed by atoms with E-state index < -0.39 is 11.7 Å². The minimum atomic E-state index is -0.680. The summed E-state index contributed by atoms with van der Waals surface area (Å²) in [5.41, 5.74) is 1.36. The molecule has 4 nitrogen and oxygen atoms in total. The van der Waals surface area contributed by atoms with E-state index in [1.54, 1.807) is 26.8 Å². The number of hydrogen-bond donors (Lipinski definition) is 0. The summed E-state index contributed by atoms with van der Waals surface area (Å²) in [5, 5.41) is 2.00. The third kappa shape index (κ3) is 4.89. The fourth-order valence-electron chi connectivity index (χ4n) is 5.40. The first-order chi connectivity index (χ1) is 15.5. The third-order valence-corrected chi connectivity index (χ3v) is 7.61. The van der Waals surface area contributed by atoms with Gasteiger partial charge in [-0.15, -0.1) is 0 Å². The van der Waals surface area contributed by atoms with E-state index in [0.717, 1.165) is 11.1 Å². The Morgan fingerprint density at radius 3 is 2.39 bits per heavy atom. The first kappa shape index (κ1) is 24.4. The van der Waals surface area contributed by atoms with Gasteiger partial charge in [-0.25, -0.2) is 9.69 Å². The number of benzene rings is 1. The second-order valence-corrected chi connectivity index (χ2v) is 11.4. The lowest BCUT2D eigenvalue weighted by molar-refractivity contribution is -0.129. The van der Waals surface area contributed by atoms with Crippen molar-refractivity contribution in [1.82, 2.24) is 4.90 Å². The van der Waals surface area contributed by atoms with Crippen LogP contribution in [0.25, 0.3) is 0 Å². The summed E-state index contributed by atoms with van der Waals surface area (Å²) < 4.78 is 5.54. The van der Waals surface area contributed by atoms with Crippen molar-refractivity contribution in [2.45, 2.75) is 45.6 Å². The van der Waals surface area contributed by atoms with Crippen LogP contribution in [0.5, 0.6) is 0 Å². The summed E-state index contributed by atoms with van der Waals surface area (Å²) in [6.45, 7) is 7.67. The van der Waals surface area contributed by atoms with Crippen LogP contribution in [-0.2, 0) is 9.53 Å². The van der Waals surface area contributed by atoms with Gasteiger partial charge >= 0.3 is 6.09 Å². The SMILES string of the molecule is CC1=C[C@H](C2CC=C(Cl)C=C2Cl)[C@H](c2ccc(Cl)cc2)[C@@H]2CN(C(=O)OC(C)(C)C)C(=O)[C@H]12. The maximum absolute atomic E-state index is 13.4. The summed E-state index contributed by atoms with van der Waals surface area (Å²) in [4.78, 5) is 27.5. The van der Waals surface area contributed by atoms with Crippen LogP contribution in [0.1, 0.15) is 45.6 Å². The second kappa shape index (κ2) is 9.13. The van der Waals surface area contributed by atoms with Crippen molar-refractivity contribution >= 4 is 46.8 Å².